The van der Waals surface area contributed by atoms with Crippen LogP contribution in [0.25, 0.3) is 11.1 Å². The van der Waals surface area contributed by atoms with Crippen molar-refractivity contribution in [1.29, 1.82) is 0 Å². The normalized spacial score (nSPS) is 10.6. The van der Waals surface area contributed by atoms with Crippen molar-refractivity contribution in [2.75, 3.05) is 7.11 Å². The molecule has 0 spiro atoms. The fourth-order valence-corrected chi connectivity index (χ4v) is 3.85. The summed E-state index contributed by atoms with van der Waals surface area (Å²) in [6.45, 7) is 1.70. The lowest BCUT2D eigenvalue weighted by Gasteiger charge is -2.15. The number of carbonyl (C=O) groups excluding carboxylic acids is 2. The summed E-state index contributed by atoms with van der Waals surface area (Å²) in [6, 6.07) is 22.2. The van der Waals surface area contributed by atoms with Gasteiger partial charge in [-0.05, 0) is 72.0 Å². The number of aromatic hydroxyl groups is 1. The summed E-state index contributed by atoms with van der Waals surface area (Å²) < 4.78 is 10.9. The number of esters is 1. The Balaban J connectivity index is 1.50. The first-order valence-corrected chi connectivity index (χ1v) is 11.1. The standard InChI is InChI=1S/C29H25NO5/c1-19(31)25-10-11-26(27(28(25)32)23-12-14-30-15-13-23)35-18-21-8-6-20(7-9-21)16-22-4-3-5-24(17-22)29(33)34-2/h3-15,17,32H,16,18H2,1-2H3. The number of pyridine rings is 1. The minimum Gasteiger partial charge on any atom is -0.506 e. The second-order valence-corrected chi connectivity index (χ2v) is 8.10. The maximum atomic E-state index is 11.9. The molecule has 3 aromatic carbocycles. The van der Waals surface area contributed by atoms with Gasteiger partial charge >= 0.3 is 5.97 Å². The van der Waals surface area contributed by atoms with Crippen molar-refractivity contribution in [3.05, 3.63) is 113 Å². The smallest absolute Gasteiger partial charge is 0.337 e. The Morgan fingerprint density at radius 1 is 0.886 bits per heavy atom. The van der Waals surface area contributed by atoms with Gasteiger partial charge in [-0.1, -0.05) is 36.4 Å². The molecule has 4 aromatic rings. The van der Waals surface area contributed by atoms with Crippen LogP contribution in [0.2, 0.25) is 0 Å². The average molecular weight is 468 g/mol. The van der Waals surface area contributed by atoms with Crippen LogP contribution in [0.1, 0.15) is 44.3 Å². The highest BCUT2D eigenvalue weighted by Gasteiger charge is 2.18. The number of hydrogen-bond donors (Lipinski definition) is 1. The lowest BCUT2D eigenvalue weighted by molar-refractivity contribution is 0.0600. The first kappa shape index (κ1) is 23.7. The molecule has 4 rings (SSSR count). The minimum atomic E-state index is -0.354. The molecule has 0 fully saturated rings. The van der Waals surface area contributed by atoms with E-state index in [0.717, 1.165) is 16.7 Å². The molecule has 176 valence electrons. The quantitative estimate of drug-likeness (QED) is 0.268. The van der Waals surface area contributed by atoms with Crippen LogP contribution in [0.15, 0.2) is 85.2 Å². The third-order valence-electron chi connectivity index (χ3n) is 5.66. The molecule has 0 saturated carbocycles. The van der Waals surface area contributed by atoms with Crippen LogP contribution >= 0.6 is 0 Å². The van der Waals surface area contributed by atoms with Crippen molar-refractivity contribution >= 4 is 11.8 Å². The maximum absolute atomic E-state index is 11.9. The summed E-state index contributed by atoms with van der Waals surface area (Å²) in [5.41, 5.74) is 5.00. The molecule has 0 radical (unpaired) electrons. The molecule has 1 heterocycles. The Morgan fingerprint density at radius 3 is 2.29 bits per heavy atom. The number of phenols is 1. The topological polar surface area (TPSA) is 85.7 Å². The van der Waals surface area contributed by atoms with Gasteiger partial charge in [-0.15, -0.1) is 0 Å². The Labute approximate surface area is 203 Å². The number of ether oxygens (including phenoxy) is 2. The number of carbonyl (C=O) groups is 2. The number of Topliss-reactive ketones (excluding diaryl/α,β-unsaturated/α-hetero) is 1. The second kappa shape index (κ2) is 10.7. The van der Waals surface area contributed by atoms with Crippen molar-refractivity contribution in [2.45, 2.75) is 20.0 Å². The van der Waals surface area contributed by atoms with Crippen molar-refractivity contribution in [2.24, 2.45) is 0 Å². The molecule has 0 unspecified atom stereocenters. The molecule has 35 heavy (non-hydrogen) atoms. The van der Waals surface area contributed by atoms with Crippen LogP contribution in [0.5, 0.6) is 11.5 Å². The van der Waals surface area contributed by atoms with Gasteiger partial charge in [0, 0.05) is 12.4 Å². The molecular formula is C29H25NO5. The summed E-state index contributed by atoms with van der Waals surface area (Å²) in [6.07, 6.45) is 3.93. The predicted molar refractivity (Wildman–Crippen MR) is 133 cm³/mol. The molecule has 0 amide bonds. The van der Waals surface area contributed by atoms with Gasteiger partial charge in [-0.2, -0.15) is 0 Å². The highest BCUT2D eigenvalue weighted by atomic mass is 16.5. The lowest BCUT2D eigenvalue weighted by Crippen LogP contribution is -2.02. The van der Waals surface area contributed by atoms with E-state index in [9.17, 15) is 14.7 Å². The van der Waals surface area contributed by atoms with E-state index in [1.807, 2.05) is 42.5 Å². The van der Waals surface area contributed by atoms with Gasteiger partial charge in [-0.3, -0.25) is 9.78 Å². The van der Waals surface area contributed by atoms with Crippen LogP contribution in [0.3, 0.4) is 0 Å². The molecule has 0 saturated heterocycles. The monoisotopic (exact) mass is 467 g/mol. The van der Waals surface area contributed by atoms with Crippen LogP contribution in [-0.4, -0.2) is 29.0 Å². The summed E-state index contributed by atoms with van der Waals surface area (Å²) in [4.78, 5) is 27.7. The predicted octanol–water partition coefficient (Wildman–Crippen LogP) is 5.61. The van der Waals surface area contributed by atoms with Gasteiger partial charge in [0.05, 0.1) is 23.8 Å². The van der Waals surface area contributed by atoms with Gasteiger partial charge in [0.25, 0.3) is 0 Å². The van der Waals surface area contributed by atoms with Gasteiger partial charge in [-0.25, -0.2) is 4.79 Å². The highest BCUT2D eigenvalue weighted by molar-refractivity contribution is 6.00. The lowest BCUT2D eigenvalue weighted by atomic mass is 9.99. The second-order valence-electron chi connectivity index (χ2n) is 8.10. The van der Waals surface area contributed by atoms with E-state index in [1.54, 1.807) is 42.7 Å². The Morgan fingerprint density at radius 2 is 1.60 bits per heavy atom. The van der Waals surface area contributed by atoms with Crippen LogP contribution in [-0.2, 0) is 17.8 Å². The van der Waals surface area contributed by atoms with E-state index in [4.69, 9.17) is 9.47 Å². The van der Waals surface area contributed by atoms with E-state index in [0.29, 0.717) is 28.9 Å². The summed E-state index contributed by atoms with van der Waals surface area (Å²) >= 11 is 0. The van der Waals surface area contributed by atoms with Gasteiger partial charge in [0.2, 0.25) is 0 Å². The van der Waals surface area contributed by atoms with E-state index >= 15 is 0 Å². The third-order valence-corrected chi connectivity index (χ3v) is 5.66. The fraction of sp³-hybridized carbons (Fsp3) is 0.138. The van der Waals surface area contributed by atoms with E-state index in [1.165, 1.54) is 14.0 Å². The number of nitrogens with zero attached hydrogens (tertiary/aromatic N) is 1. The van der Waals surface area contributed by atoms with Gasteiger partial charge < -0.3 is 14.6 Å². The van der Waals surface area contributed by atoms with E-state index in [-0.39, 0.29) is 29.7 Å². The molecular weight excluding hydrogens is 442 g/mol. The number of phenolic OH excluding ortho intramolecular Hbond substituents is 1. The van der Waals surface area contributed by atoms with E-state index < -0.39 is 0 Å². The maximum Gasteiger partial charge on any atom is 0.337 e. The largest absolute Gasteiger partial charge is 0.506 e. The molecule has 0 aliphatic carbocycles. The molecule has 0 aliphatic rings. The highest BCUT2D eigenvalue weighted by Crippen LogP contribution is 2.40. The van der Waals surface area contributed by atoms with Crippen LogP contribution in [0, 0.1) is 0 Å². The van der Waals surface area contributed by atoms with Crippen LogP contribution < -0.4 is 4.74 Å². The van der Waals surface area contributed by atoms with Gasteiger partial charge in [0.1, 0.15) is 18.1 Å². The van der Waals surface area contributed by atoms with Gasteiger partial charge in [0.15, 0.2) is 5.78 Å². The number of benzene rings is 3. The SMILES string of the molecule is COC(=O)c1cccc(Cc2ccc(COc3ccc(C(C)=O)c(O)c3-c3ccncc3)cc2)c1. The third kappa shape index (κ3) is 5.55. The number of ketones is 1. The summed E-state index contributed by atoms with van der Waals surface area (Å²) in [7, 11) is 1.37. The zero-order valence-electron chi connectivity index (χ0n) is 19.5. The zero-order chi connectivity index (χ0) is 24.8. The molecule has 0 aliphatic heterocycles. The van der Waals surface area contributed by atoms with Crippen molar-refractivity contribution < 1.29 is 24.2 Å². The van der Waals surface area contributed by atoms with Crippen molar-refractivity contribution in [3.63, 3.8) is 0 Å². The number of aromatic nitrogens is 1. The summed E-state index contributed by atoms with van der Waals surface area (Å²) in [5.74, 6) is -0.210. The fourth-order valence-electron chi connectivity index (χ4n) is 3.85. The molecule has 6 heteroatoms. The van der Waals surface area contributed by atoms with E-state index in [2.05, 4.69) is 4.98 Å². The van der Waals surface area contributed by atoms with Crippen molar-refractivity contribution in [3.8, 4) is 22.6 Å². The van der Waals surface area contributed by atoms with Crippen molar-refractivity contribution in [1.82, 2.24) is 4.98 Å². The first-order chi connectivity index (χ1) is 17.0. The molecule has 1 N–H and O–H groups in total. The first-order valence-electron chi connectivity index (χ1n) is 11.1. The average Bonchev–Trinajstić information content (AvgIpc) is 2.88. The number of rotatable bonds is 8. The minimum absolute atomic E-state index is 0.106. The molecule has 1 aromatic heterocycles. The zero-order valence-corrected chi connectivity index (χ0v) is 19.5. The molecule has 0 bridgehead atoms. The number of hydrogen-bond acceptors (Lipinski definition) is 6. The molecule has 6 nitrogen and oxygen atoms in total. The Kier molecular flexibility index (Phi) is 7.21. The van der Waals surface area contributed by atoms with Crippen LogP contribution in [0.4, 0.5) is 0 Å². The Bertz CT molecular complexity index is 1350. The Hall–Kier alpha value is -4.45. The molecule has 0 atom stereocenters. The summed E-state index contributed by atoms with van der Waals surface area (Å²) in [5, 5.41) is 10.8. The number of methoxy groups -OCH3 is 1.